The van der Waals surface area contributed by atoms with Gasteiger partial charge >= 0.3 is 0 Å². The van der Waals surface area contributed by atoms with E-state index < -0.39 is 9.84 Å². The van der Waals surface area contributed by atoms with Gasteiger partial charge in [-0.2, -0.15) is 0 Å². The van der Waals surface area contributed by atoms with E-state index in [1.165, 1.54) is 6.26 Å². The molecule has 0 bridgehead atoms. The summed E-state index contributed by atoms with van der Waals surface area (Å²) < 4.78 is 24.1. The molecule has 0 aliphatic heterocycles. The summed E-state index contributed by atoms with van der Waals surface area (Å²) in [5.74, 6) is 0.778. The molecule has 0 radical (unpaired) electrons. The average Bonchev–Trinajstić information content (AvgIpc) is 2.68. The van der Waals surface area contributed by atoms with Gasteiger partial charge in [-0.05, 0) is 18.6 Å². The zero-order valence-electron chi connectivity index (χ0n) is 9.57. The van der Waals surface area contributed by atoms with Crippen molar-refractivity contribution in [1.82, 2.24) is 9.38 Å². The number of nitrogens with zero attached hydrogens (tertiary/aromatic N) is 2. The summed E-state index contributed by atoms with van der Waals surface area (Å²) >= 11 is 0. The molecule has 2 aromatic rings. The quantitative estimate of drug-likeness (QED) is 0.873. The van der Waals surface area contributed by atoms with Gasteiger partial charge in [0.15, 0.2) is 0 Å². The molecule has 17 heavy (non-hydrogen) atoms. The molecule has 92 valence electrons. The number of sulfone groups is 1. The van der Waals surface area contributed by atoms with Crippen molar-refractivity contribution in [3.05, 3.63) is 36.4 Å². The van der Waals surface area contributed by atoms with E-state index in [9.17, 15) is 8.42 Å². The van der Waals surface area contributed by atoms with Crippen molar-refractivity contribution in [3.63, 3.8) is 0 Å². The smallest absolute Gasteiger partial charge is 0.147 e. The highest BCUT2D eigenvalue weighted by molar-refractivity contribution is 7.90. The van der Waals surface area contributed by atoms with Crippen LogP contribution in [0.1, 0.15) is 18.3 Å². The molecular formula is C11H15N3O2S. The maximum atomic E-state index is 11.1. The molecule has 0 spiro atoms. The highest BCUT2D eigenvalue weighted by Crippen LogP contribution is 2.15. The first-order chi connectivity index (χ1) is 7.97. The van der Waals surface area contributed by atoms with Crippen LogP contribution in [0.25, 0.3) is 5.52 Å². The Hall–Kier alpha value is -1.40. The van der Waals surface area contributed by atoms with Crippen molar-refractivity contribution in [2.24, 2.45) is 5.73 Å². The molecule has 2 heterocycles. The third-order valence-electron chi connectivity index (χ3n) is 2.60. The number of pyridine rings is 1. The van der Waals surface area contributed by atoms with Crippen molar-refractivity contribution >= 4 is 15.4 Å². The van der Waals surface area contributed by atoms with Crippen LogP contribution >= 0.6 is 0 Å². The zero-order chi connectivity index (χ0) is 12.5. The minimum absolute atomic E-state index is 0.0793. The maximum Gasteiger partial charge on any atom is 0.147 e. The summed E-state index contributed by atoms with van der Waals surface area (Å²) in [6.45, 7) is 0. The van der Waals surface area contributed by atoms with E-state index in [1.54, 1.807) is 6.20 Å². The minimum Gasteiger partial charge on any atom is -0.321 e. The number of imidazole rings is 1. The first kappa shape index (κ1) is 12.1. The number of fused-ring (bicyclic) bond motifs is 1. The van der Waals surface area contributed by atoms with Gasteiger partial charge in [0.2, 0.25) is 0 Å². The van der Waals surface area contributed by atoms with Gasteiger partial charge in [-0.15, -0.1) is 0 Å². The lowest BCUT2D eigenvalue weighted by Crippen LogP contribution is -2.18. The first-order valence-electron chi connectivity index (χ1n) is 5.33. The van der Waals surface area contributed by atoms with Gasteiger partial charge < -0.3 is 10.1 Å². The van der Waals surface area contributed by atoms with E-state index >= 15 is 0 Å². The fourth-order valence-electron chi connectivity index (χ4n) is 1.71. The highest BCUT2D eigenvalue weighted by Gasteiger charge is 2.14. The Labute approximate surface area is 100 Å². The lowest BCUT2D eigenvalue weighted by molar-refractivity contribution is 0.586. The van der Waals surface area contributed by atoms with Crippen LogP contribution in [-0.4, -0.2) is 29.8 Å². The third-order valence-corrected chi connectivity index (χ3v) is 3.58. The third kappa shape index (κ3) is 2.83. The number of nitrogens with two attached hydrogens (primary N) is 1. The van der Waals surface area contributed by atoms with Gasteiger partial charge in [0.05, 0.1) is 23.5 Å². The van der Waals surface area contributed by atoms with Gasteiger partial charge in [0.1, 0.15) is 15.7 Å². The van der Waals surface area contributed by atoms with Gasteiger partial charge in [-0.25, -0.2) is 13.4 Å². The van der Waals surface area contributed by atoms with Crippen LogP contribution in [0.5, 0.6) is 0 Å². The maximum absolute atomic E-state index is 11.1. The van der Waals surface area contributed by atoms with Crippen LogP contribution in [0.4, 0.5) is 0 Å². The summed E-state index contributed by atoms with van der Waals surface area (Å²) in [4.78, 5) is 4.24. The summed E-state index contributed by atoms with van der Waals surface area (Å²) in [6.07, 6.45) is 5.20. The molecule has 5 nitrogen and oxygen atoms in total. The second-order valence-corrected chi connectivity index (χ2v) is 6.40. The summed E-state index contributed by atoms with van der Waals surface area (Å²) in [6, 6.07) is 5.37. The molecule has 0 unspecified atom stereocenters. The lowest BCUT2D eigenvalue weighted by Gasteiger charge is -2.09. The predicted molar refractivity (Wildman–Crippen MR) is 66.4 cm³/mol. The Morgan fingerprint density at radius 2 is 2.24 bits per heavy atom. The van der Waals surface area contributed by atoms with Crippen LogP contribution < -0.4 is 5.73 Å². The highest BCUT2D eigenvalue weighted by atomic mass is 32.2. The number of rotatable bonds is 4. The normalized spacial score (nSPS) is 14.0. The van der Waals surface area contributed by atoms with Crippen molar-refractivity contribution in [2.75, 3.05) is 12.0 Å². The number of aromatic nitrogens is 2. The molecule has 0 aliphatic carbocycles. The van der Waals surface area contributed by atoms with Gasteiger partial charge in [-0.3, -0.25) is 0 Å². The monoisotopic (exact) mass is 253 g/mol. The van der Waals surface area contributed by atoms with E-state index in [0.717, 1.165) is 5.52 Å². The largest absolute Gasteiger partial charge is 0.321 e. The van der Waals surface area contributed by atoms with Crippen molar-refractivity contribution in [2.45, 2.75) is 12.5 Å². The molecule has 6 heteroatoms. The average molecular weight is 253 g/mol. The Morgan fingerprint density at radius 1 is 1.47 bits per heavy atom. The van der Waals surface area contributed by atoms with Crippen molar-refractivity contribution in [1.29, 1.82) is 0 Å². The molecule has 2 aromatic heterocycles. The van der Waals surface area contributed by atoms with Crippen LogP contribution in [0, 0.1) is 0 Å². The van der Waals surface area contributed by atoms with Crippen molar-refractivity contribution in [3.8, 4) is 0 Å². The summed E-state index contributed by atoms with van der Waals surface area (Å²) in [5.41, 5.74) is 6.92. The van der Waals surface area contributed by atoms with Crippen LogP contribution in [-0.2, 0) is 9.84 Å². The molecule has 0 saturated heterocycles. The van der Waals surface area contributed by atoms with Crippen molar-refractivity contribution < 1.29 is 8.42 Å². The molecular weight excluding hydrogens is 238 g/mol. The standard InChI is InChI=1S/C11H15N3O2S/c1-17(15,16)7-5-10(12)11-13-8-9-4-2-3-6-14(9)11/h2-4,6,8,10H,5,7,12H2,1H3/t10-/m0/s1. The fourth-order valence-corrected chi connectivity index (χ4v) is 2.39. The second kappa shape index (κ2) is 4.46. The molecule has 0 fully saturated rings. The van der Waals surface area contributed by atoms with Gasteiger partial charge in [0, 0.05) is 12.5 Å². The number of hydrogen-bond donors (Lipinski definition) is 1. The molecule has 1 atom stereocenters. The van der Waals surface area contributed by atoms with Crippen LogP contribution in [0.3, 0.4) is 0 Å². The lowest BCUT2D eigenvalue weighted by atomic mass is 10.2. The second-order valence-electron chi connectivity index (χ2n) is 4.14. The number of hydrogen-bond acceptors (Lipinski definition) is 4. The Balaban J connectivity index is 2.22. The topological polar surface area (TPSA) is 77.5 Å². The van der Waals surface area contributed by atoms with E-state index in [0.29, 0.717) is 12.2 Å². The molecule has 0 aliphatic rings. The van der Waals surface area contributed by atoms with E-state index in [-0.39, 0.29) is 11.8 Å². The van der Waals surface area contributed by atoms with Crippen LogP contribution in [0.15, 0.2) is 30.6 Å². The summed E-state index contributed by atoms with van der Waals surface area (Å²) in [7, 11) is -2.98. The van der Waals surface area contributed by atoms with E-state index in [4.69, 9.17) is 5.73 Å². The van der Waals surface area contributed by atoms with Crippen LogP contribution in [0.2, 0.25) is 0 Å². The van der Waals surface area contributed by atoms with E-state index in [2.05, 4.69) is 4.98 Å². The fraction of sp³-hybridized carbons (Fsp3) is 0.364. The predicted octanol–water partition coefficient (Wildman–Crippen LogP) is 0.769. The van der Waals surface area contributed by atoms with E-state index in [1.807, 2.05) is 28.8 Å². The van der Waals surface area contributed by atoms with Gasteiger partial charge in [0.25, 0.3) is 0 Å². The Kier molecular flexibility index (Phi) is 3.17. The zero-order valence-corrected chi connectivity index (χ0v) is 10.4. The molecule has 2 rings (SSSR count). The van der Waals surface area contributed by atoms with Gasteiger partial charge in [-0.1, -0.05) is 6.07 Å². The molecule has 2 N–H and O–H groups in total. The first-order valence-corrected chi connectivity index (χ1v) is 7.39. The minimum atomic E-state index is -2.98. The SMILES string of the molecule is CS(=O)(=O)CC[C@H](N)c1ncc2ccccn12. The molecule has 0 aromatic carbocycles. The molecule has 0 amide bonds. The summed E-state index contributed by atoms with van der Waals surface area (Å²) in [5, 5.41) is 0. The molecule has 0 saturated carbocycles. The Bertz CT molecular complexity index is 618. The Morgan fingerprint density at radius 3 is 2.94 bits per heavy atom.